The van der Waals surface area contributed by atoms with Crippen molar-refractivity contribution in [2.75, 3.05) is 6.61 Å². The third-order valence-corrected chi connectivity index (χ3v) is 6.04. The van der Waals surface area contributed by atoms with Crippen LogP contribution in [0.3, 0.4) is 0 Å². The Morgan fingerprint density at radius 1 is 1.03 bits per heavy atom. The normalized spacial score (nSPS) is 12.8. The molecule has 3 aromatic rings. The molecule has 1 aliphatic rings. The van der Waals surface area contributed by atoms with E-state index >= 15 is 0 Å². The lowest BCUT2D eigenvalue weighted by Gasteiger charge is -2.19. The van der Waals surface area contributed by atoms with Gasteiger partial charge < -0.3 is 20.5 Å². The Morgan fingerprint density at radius 3 is 2.31 bits per heavy atom. The first kappa shape index (κ1) is 23.9. The van der Waals surface area contributed by atoms with Crippen molar-refractivity contribution in [3.63, 3.8) is 0 Å². The number of fused-ring (bicyclic) bond motifs is 3. The van der Waals surface area contributed by atoms with Crippen LogP contribution in [0.15, 0.2) is 66.9 Å². The molecular formula is C27H27N3O5. The highest BCUT2D eigenvalue weighted by atomic mass is 16.5. The van der Waals surface area contributed by atoms with Crippen LogP contribution < -0.4 is 10.6 Å². The molecule has 0 saturated carbocycles. The molecule has 0 bridgehead atoms. The maximum absolute atomic E-state index is 12.7. The number of amides is 2. The summed E-state index contributed by atoms with van der Waals surface area (Å²) in [5, 5.41) is 14.5. The summed E-state index contributed by atoms with van der Waals surface area (Å²) in [5.74, 6) is -1.53. The van der Waals surface area contributed by atoms with Gasteiger partial charge in [-0.15, -0.1) is 0 Å². The topological polar surface area (TPSA) is 118 Å². The summed E-state index contributed by atoms with van der Waals surface area (Å²) in [6.07, 6.45) is 1.82. The van der Waals surface area contributed by atoms with Crippen LogP contribution in [0.1, 0.15) is 52.9 Å². The number of carbonyl (C=O) groups is 3. The molecule has 2 aromatic carbocycles. The van der Waals surface area contributed by atoms with E-state index in [1.54, 1.807) is 0 Å². The average Bonchev–Trinajstić information content (AvgIpc) is 3.19. The highest BCUT2D eigenvalue weighted by Gasteiger charge is 2.29. The molecule has 1 atom stereocenters. The molecule has 0 fully saturated rings. The summed E-state index contributed by atoms with van der Waals surface area (Å²) in [4.78, 5) is 40.5. The Hall–Kier alpha value is -4.20. The number of hydrogen-bond donors (Lipinski definition) is 3. The first-order chi connectivity index (χ1) is 17.0. The van der Waals surface area contributed by atoms with Gasteiger partial charge in [0.2, 0.25) is 5.91 Å². The highest BCUT2D eigenvalue weighted by Crippen LogP contribution is 2.44. The fourth-order valence-corrected chi connectivity index (χ4v) is 4.35. The molecule has 8 heteroatoms. The Kier molecular flexibility index (Phi) is 7.40. The number of hydrogen-bond acceptors (Lipinski definition) is 5. The zero-order valence-electron chi connectivity index (χ0n) is 19.4. The second-order valence-electron chi connectivity index (χ2n) is 8.37. The first-order valence-corrected chi connectivity index (χ1v) is 11.6. The van der Waals surface area contributed by atoms with Gasteiger partial charge in [-0.3, -0.25) is 9.78 Å². The molecule has 0 unspecified atom stereocenters. The van der Waals surface area contributed by atoms with Crippen molar-refractivity contribution in [1.29, 1.82) is 0 Å². The molecule has 1 heterocycles. The predicted octanol–water partition coefficient (Wildman–Crippen LogP) is 4.10. The standard InChI is InChI=1S/C27H27N3O5/c1-2-7-24(25(31)29-15-18-14-17(26(32)33)12-13-28-18)30-27(34)35-16-23-21-10-5-3-8-19(21)20-9-4-6-11-22(20)23/h3-6,8-14,23-24H,2,7,15-16H2,1H3,(H,29,31)(H,30,34)(H,32,33)/t24-/m1/s1. The van der Waals surface area contributed by atoms with Gasteiger partial charge in [-0.2, -0.15) is 0 Å². The molecule has 4 rings (SSSR count). The molecule has 1 aromatic heterocycles. The lowest BCUT2D eigenvalue weighted by Crippen LogP contribution is -2.46. The molecule has 0 aliphatic heterocycles. The minimum absolute atomic E-state index is 0.0482. The van der Waals surface area contributed by atoms with Gasteiger partial charge in [0.25, 0.3) is 0 Å². The van der Waals surface area contributed by atoms with E-state index in [0.717, 1.165) is 22.3 Å². The van der Waals surface area contributed by atoms with Crippen LogP contribution in [0, 0.1) is 0 Å². The van der Waals surface area contributed by atoms with Crippen molar-refractivity contribution >= 4 is 18.0 Å². The van der Waals surface area contributed by atoms with Gasteiger partial charge in [-0.25, -0.2) is 9.59 Å². The van der Waals surface area contributed by atoms with Gasteiger partial charge >= 0.3 is 12.1 Å². The number of alkyl carbamates (subject to hydrolysis) is 1. The number of ether oxygens (including phenoxy) is 1. The average molecular weight is 474 g/mol. The minimum Gasteiger partial charge on any atom is -0.478 e. The molecule has 0 spiro atoms. The molecule has 2 amide bonds. The van der Waals surface area contributed by atoms with Crippen LogP contribution in [0.5, 0.6) is 0 Å². The number of nitrogens with one attached hydrogen (secondary N) is 2. The third kappa shape index (κ3) is 5.48. The number of pyridine rings is 1. The summed E-state index contributed by atoms with van der Waals surface area (Å²) in [6, 6.07) is 18.2. The lowest BCUT2D eigenvalue weighted by atomic mass is 9.98. The quantitative estimate of drug-likeness (QED) is 0.431. The van der Waals surface area contributed by atoms with Gasteiger partial charge in [0.05, 0.1) is 17.8 Å². The summed E-state index contributed by atoms with van der Waals surface area (Å²) in [6.45, 7) is 2.12. The lowest BCUT2D eigenvalue weighted by molar-refractivity contribution is -0.123. The van der Waals surface area contributed by atoms with E-state index in [-0.39, 0.29) is 30.5 Å². The Labute approximate surface area is 203 Å². The van der Waals surface area contributed by atoms with Crippen LogP contribution in [-0.4, -0.2) is 40.7 Å². The smallest absolute Gasteiger partial charge is 0.407 e. The predicted molar refractivity (Wildman–Crippen MR) is 130 cm³/mol. The number of nitrogens with zero attached hydrogens (tertiary/aromatic N) is 1. The zero-order valence-corrected chi connectivity index (χ0v) is 19.4. The second-order valence-corrected chi connectivity index (χ2v) is 8.37. The first-order valence-electron chi connectivity index (χ1n) is 11.6. The van der Waals surface area contributed by atoms with Crippen molar-refractivity contribution in [2.24, 2.45) is 0 Å². The van der Waals surface area contributed by atoms with E-state index in [2.05, 4.69) is 27.8 Å². The monoisotopic (exact) mass is 473 g/mol. The molecule has 180 valence electrons. The molecule has 0 radical (unpaired) electrons. The van der Waals surface area contributed by atoms with Crippen molar-refractivity contribution in [2.45, 2.75) is 38.3 Å². The van der Waals surface area contributed by atoms with E-state index in [1.807, 2.05) is 43.3 Å². The van der Waals surface area contributed by atoms with Crippen LogP contribution >= 0.6 is 0 Å². The maximum Gasteiger partial charge on any atom is 0.407 e. The van der Waals surface area contributed by atoms with Gasteiger partial charge in [-0.05, 0) is 40.8 Å². The molecule has 8 nitrogen and oxygen atoms in total. The van der Waals surface area contributed by atoms with Crippen LogP contribution in [0.4, 0.5) is 4.79 Å². The fraction of sp³-hybridized carbons (Fsp3) is 0.259. The van der Waals surface area contributed by atoms with E-state index in [9.17, 15) is 14.4 Å². The Morgan fingerprint density at radius 2 is 1.69 bits per heavy atom. The van der Waals surface area contributed by atoms with Crippen LogP contribution in [0.2, 0.25) is 0 Å². The van der Waals surface area contributed by atoms with Gasteiger partial charge in [-0.1, -0.05) is 61.9 Å². The zero-order chi connectivity index (χ0) is 24.8. The van der Waals surface area contributed by atoms with Gasteiger partial charge in [0.15, 0.2) is 0 Å². The summed E-state index contributed by atoms with van der Waals surface area (Å²) >= 11 is 0. The molecule has 35 heavy (non-hydrogen) atoms. The summed E-state index contributed by atoms with van der Waals surface area (Å²) in [7, 11) is 0. The number of aromatic carboxylic acids is 1. The number of carbonyl (C=O) groups excluding carboxylic acids is 2. The van der Waals surface area contributed by atoms with Crippen LogP contribution in [0.25, 0.3) is 11.1 Å². The van der Waals surface area contributed by atoms with Crippen molar-refractivity contribution in [1.82, 2.24) is 15.6 Å². The number of benzene rings is 2. The fourth-order valence-electron chi connectivity index (χ4n) is 4.35. The summed E-state index contributed by atoms with van der Waals surface area (Å²) in [5.41, 5.74) is 5.00. The summed E-state index contributed by atoms with van der Waals surface area (Å²) < 4.78 is 5.56. The number of aromatic nitrogens is 1. The van der Waals surface area contributed by atoms with E-state index in [0.29, 0.717) is 18.5 Å². The molecule has 0 saturated heterocycles. The molecular weight excluding hydrogens is 446 g/mol. The van der Waals surface area contributed by atoms with E-state index < -0.39 is 18.1 Å². The maximum atomic E-state index is 12.7. The minimum atomic E-state index is -1.07. The Balaban J connectivity index is 1.36. The largest absolute Gasteiger partial charge is 0.478 e. The van der Waals surface area contributed by atoms with Crippen molar-refractivity contribution in [3.05, 3.63) is 89.2 Å². The second kappa shape index (κ2) is 10.8. The van der Waals surface area contributed by atoms with Gasteiger partial charge in [0.1, 0.15) is 12.6 Å². The molecule has 1 aliphatic carbocycles. The Bertz CT molecular complexity index is 1200. The van der Waals surface area contributed by atoms with Gasteiger partial charge in [0, 0.05) is 12.1 Å². The number of carboxylic acid groups (broad SMARTS) is 1. The third-order valence-electron chi connectivity index (χ3n) is 6.04. The molecule has 3 N–H and O–H groups in total. The number of rotatable bonds is 9. The highest BCUT2D eigenvalue weighted by molar-refractivity contribution is 5.88. The van der Waals surface area contributed by atoms with Crippen molar-refractivity contribution in [3.8, 4) is 11.1 Å². The van der Waals surface area contributed by atoms with Crippen molar-refractivity contribution < 1.29 is 24.2 Å². The van der Waals surface area contributed by atoms with E-state index in [1.165, 1.54) is 18.3 Å². The van der Waals surface area contributed by atoms with Crippen LogP contribution in [-0.2, 0) is 16.1 Å². The number of carboxylic acids is 1. The van der Waals surface area contributed by atoms with E-state index in [4.69, 9.17) is 9.84 Å². The SMILES string of the molecule is CCC[C@@H](NC(=O)OCC1c2ccccc2-c2ccccc21)C(=O)NCc1cc(C(=O)O)ccn1.